The van der Waals surface area contributed by atoms with Gasteiger partial charge in [0.2, 0.25) is 0 Å². The van der Waals surface area contributed by atoms with Crippen molar-refractivity contribution in [1.82, 2.24) is 20.3 Å². The van der Waals surface area contributed by atoms with Crippen molar-refractivity contribution in [2.75, 3.05) is 0 Å². The summed E-state index contributed by atoms with van der Waals surface area (Å²) >= 11 is 5.86. The number of rotatable bonds is 5. The van der Waals surface area contributed by atoms with Crippen LogP contribution in [0.3, 0.4) is 0 Å². The van der Waals surface area contributed by atoms with Crippen LogP contribution in [0.2, 0.25) is 5.02 Å². The fourth-order valence-electron chi connectivity index (χ4n) is 2.45. The number of benzene rings is 2. The summed E-state index contributed by atoms with van der Waals surface area (Å²) in [5.74, 6) is -0.390. The van der Waals surface area contributed by atoms with Gasteiger partial charge >= 0.3 is 0 Å². The first-order valence-corrected chi connectivity index (χ1v) is 8.53. The van der Waals surface area contributed by atoms with Crippen molar-refractivity contribution in [2.24, 2.45) is 0 Å². The van der Waals surface area contributed by atoms with Gasteiger partial charge in [0.05, 0.1) is 12.3 Å². The first-order chi connectivity index (χ1) is 12.5. The Morgan fingerprint density at radius 1 is 1.12 bits per heavy atom. The highest BCUT2D eigenvalue weighted by Gasteiger charge is 2.18. The molecule has 26 heavy (non-hydrogen) atoms. The average Bonchev–Trinajstić information content (AvgIpc) is 3.08. The summed E-state index contributed by atoms with van der Waals surface area (Å²) in [6, 6.07) is 13.0. The molecule has 0 aliphatic carbocycles. The van der Waals surface area contributed by atoms with Crippen LogP contribution in [0.5, 0.6) is 0 Å². The van der Waals surface area contributed by atoms with Gasteiger partial charge in [-0.05, 0) is 54.8 Å². The van der Waals surface area contributed by atoms with Crippen molar-refractivity contribution >= 4 is 17.5 Å². The summed E-state index contributed by atoms with van der Waals surface area (Å²) in [5, 5.41) is 21.5. The fourth-order valence-corrected chi connectivity index (χ4v) is 2.58. The minimum atomic E-state index is -0.390. The number of aliphatic hydroxyl groups is 1. The molecular formula is C19H19ClN4O2. The molecule has 0 radical (unpaired) electrons. The van der Waals surface area contributed by atoms with Gasteiger partial charge in [0.1, 0.15) is 5.69 Å². The molecule has 2 N–H and O–H groups in total. The normalized spacial score (nSPS) is 10.8. The lowest BCUT2D eigenvalue weighted by Gasteiger charge is -2.04. The topological polar surface area (TPSA) is 80.0 Å². The van der Waals surface area contributed by atoms with E-state index in [0.29, 0.717) is 11.6 Å². The first kappa shape index (κ1) is 18.1. The molecule has 0 fully saturated rings. The predicted molar refractivity (Wildman–Crippen MR) is 99.4 cm³/mol. The number of aliphatic hydroxyl groups excluding tert-OH is 1. The summed E-state index contributed by atoms with van der Waals surface area (Å²) in [6.07, 6.45) is 0. The number of nitrogens with one attached hydrogen (secondary N) is 1. The van der Waals surface area contributed by atoms with Crippen LogP contribution in [0.25, 0.3) is 5.69 Å². The maximum Gasteiger partial charge on any atom is 0.274 e. The van der Waals surface area contributed by atoms with E-state index in [2.05, 4.69) is 15.5 Å². The van der Waals surface area contributed by atoms with Crippen molar-refractivity contribution in [2.45, 2.75) is 27.0 Å². The second-order valence-electron chi connectivity index (χ2n) is 6.02. The maximum atomic E-state index is 12.5. The molecule has 2 aromatic carbocycles. The standard InChI is InChI=1S/C19H19ClN4O2/c1-12-3-8-16(9-13(12)2)24-22-17(11-25)18(23-24)19(26)21-10-14-4-6-15(20)7-5-14/h3-9,25H,10-11H2,1-2H3,(H,21,26). The molecule has 0 aliphatic rings. The molecule has 0 atom stereocenters. The number of hydrogen-bond donors (Lipinski definition) is 2. The van der Waals surface area contributed by atoms with Gasteiger partial charge in [-0.3, -0.25) is 4.79 Å². The molecule has 1 aromatic heterocycles. The molecule has 0 saturated heterocycles. The van der Waals surface area contributed by atoms with E-state index in [1.54, 1.807) is 12.1 Å². The molecule has 0 bridgehead atoms. The molecule has 3 rings (SSSR count). The summed E-state index contributed by atoms with van der Waals surface area (Å²) < 4.78 is 0. The Morgan fingerprint density at radius 2 is 1.85 bits per heavy atom. The number of amides is 1. The Balaban J connectivity index is 1.80. The smallest absolute Gasteiger partial charge is 0.274 e. The van der Waals surface area contributed by atoms with Gasteiger partial charge in [-0.2, -0.15) is 4.80 Å². The van der Waals surface area contributed by atoms with Crippen LogP contribution in [0.4, 0.5) is 0 Å². The molecule has 3 aromatic rings. The summed E-state index contributed by atoms with van der Waals surface area (Å²) in [5.41, 5.74) is 4.24. The predicted octanol–water partition coefficient (Wildman–Crippen LogP) is 2.96. The first-order valence-electron chi connectivity index (χ1n) is 8.15. The molecule has 1 heterocycles. The third kappa shape index (κ3) is 3.92. The number of aryl methyl sites for hydroxylation is 2. The third-order valence-corrected chi connectivity index (χ3v) is 4.39. The van der Waals surface area contributed by atoms with Gasteiger partial charge in [0.25, 0.3) is 5.91 Å². The van der Waals surface area contributed by atoms with Crippen molar-refractivity contribution in [3.63, 3.8) is 0 Å². The second kappa shape index (κ2) is 7.68. The fraction of sp³-hybridized carbons (Fsp3) is 0.211. The number of nitrogens with zero attached hydrogens (tertiary/aromatic N) is 3. The van der Waals surface area contributed by atoms with Gasteiger partial charge in [0, 0.05) is 11.6 Å². The quantitative estimate of drug-likeness (QED) is 0.723. The van der Waals surface area contributed by atoms with Gasteiger partial charge in [-0.25, -0.2) is 0 Å². The van der Waals surface area contributed by atoms with Crippen LogP contribution in [-0.4, -0.2) is 26.0 Å². The summed E-state index contributed by atoms with van der Waals surface area (Å²) in [6.45, 7) is 3.98. The van der Waals surface area contributed by atoms with Gasteiger partial charge in [0.15, 0.2) is 5.69 Å². The molecule has 0 spiro atoms. The van der Waals surface area contributed by atoms with Crippen LogP contribution < -0.4 is 5.32 Å². The lowest BCUT2D eigenvalue weighted by Crippen LogP contribution is -2.24. The molecule has 0 saturated carbocycles. The lowest BCUT2D eigenvalue weighted by molar-refractivity contribution is 0.0942. The Hall–Kier alpha value is -2.70. The molecule has 0 unspecified atom stereocenters. The minimum Gasteiger partial charge on any atom is -0.390 e. The average molecular weight is 371 g/mol. The van der Waals surface area contributed by atoms with E-state index >= 15 is 0 Å². The number of aromatic nitrogens is 3. The SMILES string of the molecule is Cc1ccc(-n2nc(CO)c(C(=O)NCc3ccc(Cl)cc3)n2)cc1C. The van der Waals surface area contributed by atoms with E-state index in [9.17, 15) is 9.90 Å². The Bertz CT molecular complexity index is 935. The second-order valence-corrected chi connectivity index (χ2v) is 6.46. The van der Waals surface area contributed by atoms with E-state index in [0.717, 1.165) is 22.4 Å². The molecule has 0 aliphatic heterocycles. The number of carbonyl (C=O) groups excluding carboxylic acids is 1. The van der Waals surface area contributed by atoms with Crippen LogP contribution in [0.15, 0.2) is 42.5 Å². The van der Waals surface area contributed by atoms with Crippen LogP contribution >= 0.6 is 11.6 Å². The Labute approximate surface area is 156 Å². The minimum absolute atomic E-state index is 0.111. The molecule has 7 heteroatoms. The zero-order valence-electron chi connectivity index (χ0n) is 14.5. The number of halogens is 1. The molecule has 1 amide bonds. The lowest BCUT2D eigenvalue weighted by atomic mass is 10.1. The van der Waals surface area contributed by atoms with Gasteiger partial charge in [-0.1, -0.05) is 29.8 Å². The zero-order chi connectivity index (χ0) is 18.7. The molecular weight excluding hydrogens is 352 g/mol. The zero-order valence-corrected chi connectivity index (χ0v) is 15.3. The molecule has 6 nitrogen and oxygen atoms in total. The van der Waals surface area contributed by atoms with E-state index in [-0.39, 0.29) is 23.9 Å². The maximum absolute atomic E-state index is 12.5. The highest BCUT2D eigenvalue weighted by Crippen LogP contribution is 2.15. The van der Waals surface area contributed by atoms with Crippen LogP contribution in [-0.2, 0) is 13.2 Å². The van der Waals surface area contributed by atoms with Gasteiger partial charge < -0.3 is 10.4 Å². The van der Waals surface area contributed by atoms with Crippen LogP contribution in [0, 0.1) is 13.8 Å². The van der Waals surface area contributed by atoms with Crippen molar-refractivity contribution in [3.05, 3.63) is 75.6 Å². The third-order valence-electron chi connectivity index (χ3n) is 4.14. The van der Waals surface area contributed by atoms with Crippen molar-refractivity contribution < 1.29 is 9.90 Å². The van der Waals surface area contributed by atoms with Gasteiger partial charge in [-0.15, -0.1) is 10.2 Å². The largest absolute Gasteiger partial charge is 0.390 e. The summed E-state index contributed by atoms with van der Waals surface area (Å²) in [7, 11) is 0. The molecule has 134 valence electrons. The number of carbonyl (C=O) groups is 1. The highest BCUT2D eigenvalue weighted by atomic mass is 35.5. The Morgan fingerprint density at radius 3 is 2.50 bits per heavy atom. The highest BCUT2D eigenvalue weighted by molar-refractivity contribution is 6.30. The van der Waals surface area contributed by atoms with E-state index in [4.69, 9.17) is 11.6 Å². The van der Waals surface area contributed by atoms with E-state index in [1.807, 2.05) is 44.2 Å². The van der Waals surface area contributed by atoms with E-state index in [1.165, 1.54) is 4.80 Å². The summed E-state index contributed by atoms with van der Waals surface area (Å²) in [4.78, 5) is 13.8. The van der Waals surface area contributed by atoms with Crippen molar-refractivity contribution in [1.29, 1.82) is 0 Å². The van der Waals surface area contributed by atoms with E-state index < -0.39 is 0 Å². The van der Waals surface area contributed by atoms with Crippen LogP contribution in [0.1, 0.15) is 32.9 Å². The number of hydrogen-bond acceptors (Lipinski definition) is 4. The van der Waals surface area contributed by atoms with Crippen molar-refractivity contribution in [3.8, 4) is 5.69 Å². The Kier molecular flexibility index (Phi) is 5.35. The monoisotopic (exact) mass is 370 g/mol.